The first-order valence-electron chi connectivity index (χ1n) is 10.3. The van der Waals surface area contributed by atoms with E-state index in [0.29, 0.717) is 35.6 Å². The third-order valence-electron chi connectivity index (χ3n) is 5.85. The van der Waals surface area contributed by atoms with E-state index in [1.807, 2.05) is 38.1 Å². The summed E-state index contributed by atoms with van der Waals surface area (Å²) in [5.74, 6) is 0.286. The highest BCUT2D eigenvalue weighted by molar-refractivity contribution is 5.99. The topological polar surface area (TPSA) is 59.8 Å². The van der Waals surface area contributed by atoms with Crippen LogP contribution in [0.15, 0.2) is 45.6 Å². The van der Waals surface area contributed by atoms with Crippen LogP contribution in [0.3, 0.4) is 0 Å². The smallest absolute Gasteiger partial charge is 0.290 e. The molecule has 4 rings (SSSR count). The molecule has 1 unspecified atom stereocenters. The third-order valence-corrected chi connectivity index (χ3v) is 5.85. The van der Waals surface area contributed by atoms with Gasteiger partial charge in [-0.1, -0.05) is 44.2 Å². The van der Waals surface area contributed by atoms with Gasteiger partial charge in [-0.05, 0) is 48.1 Å². The molecular weight excluding hydrogens is 378 g/mol. The van der Waals surface area contributed by atoms with Gasteiger partial charge in [0.05, 0.1) is 23.6 Å². The number of methoxy groups -OCH3 is 1. The van der Waals surface area contributed by atoms with Gasteiger partial charge in [0.1, 0.15) is 5.58 Å². The molecule has 0 radical (unpaired) electrons. The van der Waals surface area contributed by atoms with Gasteiger partial charge in [0.15, 0.2) is 5.43 Å². The molecule has 0 aliphatic carbocycles. The number of benzene rings is 2. The summed E-state index contributed by atoms with van der Waals surface area (Å²) in [4.78, 5) is 28.5. The Labute approximate surface area is 176 Å². The van der Waals surface area contributed by atoms with Gasteiger partial charge in [-0.15, -0.1) is 0 Å². The van der Waals surface area contributed by atoms with Gasteiger partial charge >= 0.3 is 0 Å². The van der Waals surface area contributed by atoms with Gasteiger partial charge in [0, 0.05) is 13.7 Å². The van der Waals surface area contributed by atoms with Crippen LogP contribution in [0, 0.1) is 13.8 Å². The molecular formula is C25H27NO4. The molecule has 1 aliphatic heterocycles. The van der Waals surface area contributed by atoms with Gasteiger partial charge in [-0.2, -0.15) is 0 Å². The second-order valence-electron chi connectivity index (χ2n) is 8.35. The Hall–Kier alpha value is -2.92. The van der Waals surface area contributed by atoms with Crippen molar-refractivity contribution in [2.24, 2.45) is 0 Å². The maximum absolute atomic E-state index is 13.6. The predicted octanol–water partition coefficient (Wildman–Crippen LogP) is 4.72. The van der Waals surface area contributed by atoms with Gasteiger partial charge in [0.25, 0.3) is 5.91 Å². The van der Waals surface area contributed by atoms with Crippen LogP contribution in [0.1, 0.15) is 64.2 Å². The minimum absolute atomic E-state index is 0.135. The summed E-state index contributed by atoms with van der Waals surface area (Å²) >= 11 is 0. The van der Waals surface area contributed by atoms with Crippen LogP contribution in [0.25, 0.3) is 11.0 Å². The summed E-state index contributed by atoms with van der Waals surface area (Å²) in [5, 5.41) is 0.524. The van der Waals surface area contributed by atoms with Gasteiger partial charge in [0.2, 0.25) is 5.76 Å². The lowest BCUT2D eigenvalue weighted by atomic mass is 9.95. The molecule has 30 heavy (non-hydrogen) atoms. The van der Waals surface area contributed by atoms with E-state index in [-0.39, 0.29) is 17.1 Å². The first kappa shape index (κ1) is 20.4. The van der Waals surface area contributed by atoms with E-state index in [9.17, 15) is 9.59 Å². The fourth-order valence-corrected chi connectivity index (χ4v) is 4.30. The Bertz CT molecular complexity index is 1170. The van der Waals surface area contributed by atoms with Crippen molar-refractivity contribution in [3.8, 4) is 0 Å². The van der Waals surface area contributed by atoms with Crippen molar-refractivity contribution < 1.29 is 13.9 Å². The number of ether oxygens (including phenoxy) is 1. The lowest BCUT2D eigenvalue weighted by molar-refractivity contribution is 0.0663. The number of nitrogens with zero attached hydrogens (tertiary/aromatic N) is 1. The molecule has 0 saturated heterocycles. The molecule has 156 valence electrons. The van der Waals surface area contributed by atoms with E-state index in [0.717, 1.165) is 16.7 Å². The highest BCUT2D eigenvalue weighted by atomic mass is 16.5. The van der Waals surface area contributed by atoms with Crippen LogP contribution in [0.4, 0.5) is 0 Å². The van der Waals surface area contributed by atoms with Crippen LogP contribution >= 0.6 is 0 Å². The van der Waals surface area contributed by atoms with Crippen LogP contribution < -0.4 is 5.43 Å². The molecule has 0 spiro atoms. The molecule has 5 nitrogen and oxygen atoms in total. The summed E-state index contributed by atoms with van der Waals surface area (Å²) in [6, 6.07) is 11.5. The van der Waals surface area contributed by atoms with Crippen LogP contribution in [0.2, 0.25) is 0 Å². The third kappa shape index (κ3) is 3.23. The Balaban J connectivity index is 1.95. The highest BCUT2D eigenvalue weighted by Gasteiger charge is 2.42. The van der Waals surface area contributed by atoms with Crippen molar-refractivity contribution in [3.63, 3.8) is 0 Å². The molecule has 1 amide bonds. The Morgan fingerprint density at radius 2 is 1.80 bits per heavy atom. The molecule has 0 saturated carbocycles. The lowest BCUT2D eigenvalue weighted by Crippen LogP contribution is -2.32. The summed E-state index contributed by atoms with van der Waals surface area (Å²) in [6.07, 6.45) is 0. The second kappa shape index (κ2) is 7.73. The number of aryl methyl sites for hydroxylation is 2. The Morgan fingerprint density at radius 3 is 2.43 bits per heavy atom. The van der Waals surface area contributed by atoms with Crippen molar-refractivity contribution in [1.29, 1.82) is 0 Å². The lowest BCUT2D eigenvalue weighted by Gasteiger charge is -2.25. The van der Waals surface area contributed by atoms with Gasteiger partial charge in [-0.25, -0.2) is 0 Å². The van der Waals surface area contributed by atoms with E-state index >= 15 is 0 Å². The minimum Gasteiger partial charge on any atom is -0.450 e. The molecule has 2 aromatic carbocycles. The van der Waals surface area contributed by atoms with Crippen LogP contribution in [-0.2, 0) is 4.74 Å². The second-order valence-corrected chi connectivity index (χ2v) is 8.35. The Morgan fingerprint density at radius 1 is 1.10 bits per heavy atom. The van der Waals surface area contributed by atoms with Crippen molar-refractivity contribution >= 4 is 16.9 Å². The number of fused-ring (bicyclic) bond motifs is 2. The van der Waals surface area contributed by atoms with Crippen molar-refractivity contribution in [2.75, 3.05) is 20.3 Å². The molecule has 0 bridgehead atoms. The maximum Gasteiger partial charge on any atom is 0.290 e. The standard InChI is InChI=1S/C25H27NO4/c1-14(2)17-6-8-18(9-7-17)21-20-22(27)19-13-15(3)12-16(4)23(19)30-24(20)25(28)26(21)10-11-29-5/h6-9,12-14,21H,10-11H2,1-5H3. The largest absolute Gasteiger partial charge is 0.450 e. The quantitative estimate of drug-likeness (QED) is 0.616. The monoisotopic (exact) mass is 405 g/mol. The molecule has 2 heterocycles. The number of rotatable bonds is 5. The van der Waals surface area contributed by atoms with Gasteiger partial charge < -0.3 is 14.1 Å². The SMILES string of the molecule is COCCN1C(=O)c2oc3c(C)cc(C)cc3c(=O)c2C1c1ccc(C(C)C)cc1. The maximum atomic E-state index is 13.6. The summed E-state index contributed by atoms with van der Waals surface area (Å²) in [6.45, 7) is 8.89. The number of hydrogen-bond donors (Lipinski definition) is 0. The van der Waals surface area contributed by atoms with Crippen molar-refractivity contribution in [1.82, 2.24) is 4.90 Å². The fraction of sp³-hybridized carbons (Fsp3) is 0.360. The average Bonchev–Trinajstić information content (AvgIpc) is 2.99. The van der Waals surface area contributed by atoms with E-state index in [4.69, 9.17) is 9.15 Å². The van der Waals surface area contributed by atoms with Crippen LogP contribution in [0.5, 0.6) is 0 Å². The van der Waals surface area contributed by atoms with Gasteiger partial charge in [-0.3, -0.25) is 9.59 Å². The molecule has 1 aliphatic rings. The zero-order valence-corrected chi connectivity index (χ0v) is 18.1. The number of carbonyl (C=O) groups excluding carboxylic acids is 1. The zero-order valence-electron chi connectivity index (χ0n) is 18.1. The van der Waals surface area contributed by atoms with E-state index in [1.54, 1.807) is 12.0 Å². The van der Waals surface area contributed by atoms with E-state index < -0.39 is 6.04 Å². The summed E-state index contributed by atoms with van der Waals surface area (Å²) in [7, 11) is 1.60. The molecule has 1 aromatic heterocycles. The first-order valence-corrected chi connectivity index (χ1v) is 10.3. The molecule has 1 atom stereocenters. The predicted molar refractivity (Wildman–Crippen MR) is 117 cm³/mol. The van der Waals surface area contributed by atoms with Crippen molar-refractivity contribution in [3.05, 3.63) is 80.2 Å². The average molecular weight is 405 g/mol. The first-order chi connectivity index (χ1) is 14.3. The summed E-state index contributed by atoms with van der Waals surface area (Å²) in [5.41, 5.74) is 4.73. The molecule has 0 N–H and O–H groups in total. The highest BCUT2D eigenvalue weighted by Crippen LogP contribution is 2.38. The number of hydrogen-bond acceptors (Lipinski definition) is 4. The number of amides is 1. The Kier molecular flexibility index (Phi) is 5.24. The van der Waals surface area contributed by atoms with E-state index in [2.05, 4.69) is 26.0 Å². The minimum atomic E-state index is -0.481. The van der Waals surface area contributed by atoms with Crippen molar-refractivity contribution in [2.45, 2.75) is 39.7 Å². The fourth-order valence-electron chi connectivity index (χ4n) is 4.30. The zero-order chi connectivity index (χ0) is 21.6. The normalized spacial score (nSPS) is 16.0. The molecule has 3 aromatic rings. The van der Waals surface area contributed by atoms with Crippen LogP contribution in [-0.4, -0.2) is 31.1 Å². The number of carbonyl (C=O) groups is 1. The molecule has 5 heteroatoms. The summed E-state index contributed by atoms with van der Waals surface area (Å²) < 4.78 is 11.3. The molecule has 0 fully saturated rings. The van der Waals surface area contributed by atoms with E-state index in [1.165, 1.54) is 5.56 Å².